The molecule has 86 valence electrons. The van der Waals surface area contributed by atoms with Gasteiger partial charge in [-0.05, 0) is 24.3 Å². The van der Waals surface area contributed by atoms with Gasteiger partial charge >= 0.3 is 0 Å². The average Bonchev–Trinajstić information content (AvgIpc) is 2.34. The number of hydrogen-bond acceptors (Lipinski definition) is 3. The van der Waals surface area contributed by atoms with E-state index in [-0.39, 0.29) is 5.78 Å². The second kappa shape index (κ2) is 4.99. The van der Waals surface area contributed by atoms with Crippen molar-refractivity contribution < 1.29 is 10.0 Å². The fraction of sp³-hybridized carbons (Fsp3) is 0. The third-order valence-corrected chi connectivity index (χ3v) is 2.49. The summed E-state index contributed by atoms with van der Waals surface area (Å²) >= 11 is 5.68. The van der Waals surface area contributed by atoms with Crippen molar-refractivity contribution in [3.05, 3.63) is 65.4 Å². The normalized spacial score (nSPS) is 17.2. The van der Waals surface area contributed by atoms with Gasteiger partial charge in [0.05, 0.1) is 5.69 Å². The van der Waals surface area contributed by atoms with Gasteiger partial charge in [-0.3, -0.25) is 10.0 Å². The number of ketones is 1. The van der Waals surface area contributed by atoms with Crippen molar-refractivity contribution in [3.63, 3.8) is 0 Å². The van der Waals surface area contributed by atoms with Crippen LogP contribution in [0.4, 0.5) is 5.69 Å². The quantitative estimate of drug-likeness (QED) is 0.645. The third-order valence-electron chi connectivity index (χ3n) is 2.26. The topological polar surface area (TPSA) is 40.5 Å². The molecule has 1 aromatic carbocycles. The fourth-order valence-corrected chi connectivity index (χ4v) is 1.56. The first-order valence-electron chi connectivity index (χ1n) is 5.01. The Morgan fingerprint density at radius 2 is 1.88 bits per heavy atom. The zero-order chi connectivity index (χ0) is 12.3. The molecule has 0 heterocycles. The van der Waals surface area contributed by atoms with Gasteiger partial charge in [0, 0.05) is 22.9 Å². The summed E-state index contributed by atoms with van der Waals surface area (Å²) in [6.07, 6.45) is 5.84. The second-order valence-corrected chi connectivity index (χ2v) is 3.93. The molecular weight excluding hydrogens is 238 g/mol. The number of hydrogen-bond donors (Lipinski definition) is 1. The van der Waals surface area contributed by atoms with Gasteiger partial charge in [0.2, 0.25) is 0 Å². The van der Waals surface area contributed by atoms with E-state index >= 15 is 0 Å². The van der Waals surface area contributed by atoms with Crippen LogP contribution in [0.5, 0.6) is 0 Å². The van der Waals surface area contributed by atoms with Crippen LogP contribution < -0.4 is 5.06 Å². The monoisotopic (exact) mass is 247 g/mol. The lowest BCUT2D eigenvalue weighted by atomic mass is 10.1. The van der Waals surface area contributed by atoms with E-state index < -0.39 is 0 Å². The van der Waals surface area contributed by atoms with E-state index in [0.29, 0.717) is 16.3 Å². The Bertz CT molecular complexity index is 517. The number of halogens is 1. The van der Waals surface area contributed by atoms with Crippen LogP contribution in [0.25, 0.3) is 0 Å². The predicted octanol–water partition coefficient (Wildman–Crippen LogP) is 3.03. The van der Waals surface area contributed by atoms with Crippen LogP contribution in [0.15, 0.2) is 65.4 Å². The Hall–Kier alpha value is -1.84. The van der Waals surface area contributed by atoms with Crippen LogP contribution >= 0.6 is 11.6 Å². The second-order valence-electron chi connectivity index (χ2n) is 3.49. The molecule has 0 radical (unpaired) electrons. The summed E-state index contributed by atoms with van der Waals surface area (Å²) in [6.45, 7) is 0. The maximum absolute atomic E-state index is 11.6. The van der Waals surface area contributed by atoms with Gasteiger partial charge in [-0.15, -0.1) is 0 Å². The molecule has 4 heteroatoms. The fourth-order valence-electron chi connectivity index (χ4n) is 1.40. The van der Waals surface area contributed by atoms with Crippen LogP contribution in [0.3, 0.4) is 0 Å². The lowest BCUT2D eigenvalue weighted by Crippen LogP contribution is -2.13. The summed E-state index contributed by atoms with van der Waals surface area (Å²) in [6, 6.07) is 8.91. The number of hydroxylamine groups is 1. The summed E-state index contributed by atoms with van der Waals surface area (Å²) in [5.74, 6) is -0.229. The molecule has 1 aromatic rings. The number of rotatable bonds is 2. The first-order chi connectivity index (χ1) is 8.16. The average molecular weight is 248 g/mol. The molecule has 0 aliphatic heterocycles. The van der Waals surface area contributed by atoms with Gasteiger partial charge in [-0.1, -0.05) is 29.8 Å². The number of allylic oxidation sites excluding steroid dienone is 5. The highest BCUT2D eigenvalue weighted by Gasteiger charge is 2.11. The molecule has 0 saturated carbocycles. The highest BCUT2D eigenvalue weighted by Crippen LogP contribution is 2.18. The van der Waals surface area contributed by atoms with E-state index in [1.807, 2.05) is 6.07 Å². The lowest BCUT2D eigenvalue weighted by Gasteiger charge is -2.13. The van der Waals surface area contributed by atoms with Crippen molar-refractivity contribution in [2.75, 3.05) is 5.06 Å². The first kappa shape index (κ1) is 11.6. The van der Waals surface area contributed by atoms with Crippen LogP contribution in [-0.4, -0.2) is 11.0 Å². The SMILES string of the molecule is O=C1C=C(Cl)C=CC1=CN(O)c1ccccc1. The maximum Gasteiger partial charge on any atom is 0.188 e. The molecule has 0 bridgehead atoms. The summed E-state index contributed by atoms with van der Waals surface area (Å²) in [5.41, 5.74) is 0.961. The van der Waals surface area contributed by atoms with E-state index in [2.05, 4.69) is 0 Å². The minimum absolute atomic E-state index is 0.229. The number of para-hydroxylation sites is 1. The largest absolute Gasteiger partial charge is 0.289 e. The van der Waals surface area contributed by atoms with Crippen LogP contribution in [0.2, 0.25) is 0 Å². The summed E-state index contributed by atoms with van der Waals surface area (Å²) in [4.78, 5) is 11.6. The Balaban J connectivity index is 2.21. The van der Waals surface area contributed by atoms with Gasteiger partial charge in [0.25, 0.3) is 0 Å². The number of carbonyl (C=O) groups excluding carboxylic acids is 1. The molecule has 0 atom stereocenters. The summed E-state index contributed by atoms with van der Waals surface area (Å²) in [5, 5.41) is 11.1. The molecule has 0 fully saturated rings. The third kappa shape index (κ3) is 2.84. The van der Waals surface area contributed by atoms with Crippen LogP contribution in [-0.2, 0) is 4.79 Å². The van der Waals surface area contributed by atoms with Crippen molar-refractivity contribution >= 4 is 23.1 Å². The van der Waals surface area contributed by atoms with E-state index in [1.54, 1.807) is 36.4 Å². The Labute approximate surface area is 104 Å². The van der Waals surface area contributed by atoms with E-state index in [4.69, 9.17) is 11.6 Å². The zero-order valence-electron chi connectivity index (χ0n) is 8.88. The molecule has 0 saturated heterocycles. The van der Waals surface area contributed by atoms with Crippen molar-refractivity contribution in [1.29, 1.82) is 0 Å². The molecule has 3 nitrogen and oxygen atoms in total. The van der Waals surface area contributed by atoms with E-state index in [1.165, 1.54) is 12.3 Å². The molecule has 0 unspecified atom stereocenters. The Morgan fingerprint density at radius 3 is 2.53 bits per heavy atom. The summed E-state index contributed by atoms with van der Waals surface area (Å²) < 4.78 is 0. The molecule has 0 spiro atoms. The molecule has 1 aliphatic carbocycles. The Kier molecular flexibility index (Phi) is 3.42. The standard InChI is InChI=1S/C13H10ClNO2/c14-11-7-6-10(13(16)8-11)9-15(17)12-4-2-1-3-5-12/h1-9,17H. The summed E-state index contributed by atoms with van der Waals surface area (Å²) in [7, 11) is 0. The minimum Gasteiger partial charge on any atom is -0.289 e. The van der Waals surface area contributed by atoms with Gasteiger partial charge < -0.3 is 0 Å². The molecule has 0 amide bonds. The van der Waals surface area contributed by atoms with Crippen LogP contribution in [0.1, 0.15) is 0 Å². The number of carbonyl (C=O) groups is 1. The molecule has 1 N–H and O–H groups in total. The highest BCUT2D eigenvalue weighted by atomic mass is 35.5. The number of anilines is 1. The number of benzene rings is 1. The van der Waals surface area contributed by atoms with Crippen molar-refractivity contribution in [2.24, 2.45) is 0 Å². The predicted molar refractivity (Wildman–Crippen MR) is 66.9 cm³/mol. The lowest BCUT2D eigenvalue weighted by molar-refractivity contribution is -0.111. The highest BCUT2D eigenvalue weighted by molar-refractivity contribution is 6.34. The number of nitrogens with zero attached hydrogens (tertiary/aromatic N) is 1. The van der Waals surface area contributed by atoms with Crippen LogP contribution in [0, 0.1) is 0 Å². The van der Waals surface area contributed by atoms with E-state index in [9.17, 15) is 10.0 Å². The smallest absolute Gasteiger partial charge is 0.188 e. The maximum atomic E-state index is 11.6. The minimum atomic E-state index is -0.229. The van der Waals surface area contributed by atoms with Crippen molar-refractivity contribution in [2.45, 2.75) is 0 Å². The first-order valence-corrected chi connectivity index (χ1v) is 5.39. The molecule has 1 aliphatic rings. The molecular formula is C13H10ClNO2. The van der Waals surface area contributed by atoms with Gasteiger partial charge in [-0.2, -0.15) is 0 Å². The molecule has 17 heavy (non-hydrogen) atoms. The van der Waals surface area contributed by atoms with Crippen molar-refractivity contribution in [3.8, 4) is 0 Å². The van der Waals surface area contributed by atoms with Crippen molar-refractivity contribution in [1.82, 2.24) is 0 Å². The molecule has 0 aromatic heterocycles. The van der Waals surface area contributed by atoms with Gasteiger partial charge in [0.1, 0.15) is 0 Å². The van der Waals surface area contributed by atoms with Gasteiger partial charge in [-0.25, -0.2) is 5.06 Å². The molecule has 2 rings (SSSR count). The van der Waals surface area contributed by atoms with E-state index in [0.717, 1.165) is 5.06 Å². The Morgan fingerprint density at radius 1 is 1.18 bits per heavy atom. The zero-order valence-corrected chi connectivity index (χ0v) is 9.63. The van der Waals surface area contributed by atoms with Gasteiger partial charge in [0.15, 0.2) is 5.78 Å².